The van der Waals surface area contributed by atoms with Gasteiger partial charge in [0.2, 0.25) is 6.08 Å². The second-order valence-electron chi connectivity index (χ2n) is 9.24. The van der Waals surface area contributed by atoms with Gasteiger partial charge in [-0.3, -0.25) is 0 Å². The number of fused-ring (bicyclic) bond motifs is 3. The Hall–Kier alpha value is -0.880. The van der Waals surface area contributed by atoms with E-state index in [0.29, 0.717) is 16.7 Å². The lowest BCUT2D eigenvalue weighted by atomic mass is 9.42. The average molecular weight is 299 g/mol. The van der Waals surface area contributed by atoms with Gasteiger partial charge in [0.05, 0.1) is 5.54 Å². The van der Waals surface area contributed by atoms with Crippen molar-refractivity contribution in [3.8, 4) is 0 Å². The van der Waals surface area contributed by atoms with E-state index in [2.05, 4.69) is 25.4 Å². The maximum atomic E-state index is 11.0. The number of nitrogens with zero attached hydrogens (tertiary/aromatic N) is 1. The molecule has 6 atom stereocenters. The molecule has 0 saturated heterocycles. The molecule has 0 N–H and O–H groups in total. The molecule has 2 nitrogen and oxygen atoms in total. The molecule has 0 amide bonds. The second-order valence-corrected chi connectivity index (χ2v) is 9.24. The fourth-order valence-electron chi connectivity index (χ4n) is 7.56. The Morgan fingerprint density at radius 3 is 2.73 bits per heavy atom. The van der Waals surface area contributed by atoms with Crippen LogP contribution < -0.4 is 0 Å². The van der Waals surface area contributed by atoms with Gasteiger partial charge in [0, 0.05) is 0 Å². The van der Waals surface area contributed by atoms with Crippen LogP contribution in [0.1, 0.15) is 71.6 Å². The molecular weight excluding hydrogens is 270 g/mol. The second kappa shape index (κ2) is 4.57. The Morgan fingerprint density at radius 2 is 1.95 bits per heavy atom. The number of allylic oxidation sites excluding steroid dienone is 1. The summed E-state index contributed by atoms with van der Waals surface area (Å²) in [7, 11) is 0. The third-order valence-corrected chi connectivity index (χ3v) is 8.33. The summed E-state index contributed by atoms with van der Waals surface area (Å²) >= 11 is 0. The first kappa shape index (κ1) is 14.7. The lowest BCUT2D eigenvalue weighted by Crippen LogP contribution is -2.58. The van der Waals surface area contributed by atoms with Crippen molar-refractivity contribution < 1.29 is 4.79 Å². The zero-order valence-electron chi connectivity index (χ0n) is 14.2. The molecule has 4 fully saturated rings. The summed E-state index contributed by atoms with van der Waals surface area (Å²) in [5.41, 5.74) is 2.27. The lowest BCUT2D eigenvalue weighted by Gasteiger charge is -2.63. The van der Waals surface area contributed by atoms with Gasteiger partial charge in [0.15, 0.2) is 0 Å². The highest BCUT2D eigenvalue weighted by Crippen LogP contribution is 2.71. The first-order valence-electron chi connectivity index (χ1n) is 9.20. The van der Waals surface area contributed by atoms with Gasteiger partial charge in [-0.2, -0.15) is 4.99 Å². The Kier molecular flexibility index (Phi) is 3.05. The molecule has 0 aliphatic heterocycles. The maximum Gasteiger partial charge on any atom is 0.235 e. The predicted octanol–water partition coefficient (Wildman–Crippen LogP) is 5.04. The van der Waals surface area contributed by atoms with Gasteiger partial charge in [-0.1, -0.05) is 25.5 Å². The topological polar surface area (TPSA) is 29.4 Å². The fraction of sp³-hybridized carbons (Fsp3) is 0.850. The fourth-order valence-corrected chi connectivity index (χ4v) is 7.56. The van der Waals surface area contributed by atoms with Gasteiger partial charge in [0.1, 0.15) is 0 Å². The van der Waals surface area contributed by atoms with Crippen LogP contribution in [0.5, 0.6) is 0 Å². The van der Waals surface area contributed by atoms with Crippen LogP contribution in [0.15, 0.2) is 17.1 Å². The van der Waals surface area contributed by atoms with Gasteiger partial charge in [-0.05, 0) is 86.9 Å². The molecule has 2 heteroatoms. The smallest absolute Gasteiger partial charge is 0.211 e. The molecule has 22 heavy (non-hydrogen) atoms. The molecule has 0 unspecified atom stereocenters. The van der Waals surface area contributed by atoms with Gasteiger partial charge < -0.3 is 0 Å². The van der Waals surface area contributed by atoms with Crippen molar-refractivity contribution in [2.24, 2.45) is 33.6 Å². The molecule has 0 radical (unpaired) electrons. The van der Waals surface area contributed by atoms with Crippen LogP contribution in [0.3, 0.4) is 0 Å². The predicted molar refractivity (Wildman–Crippen MR) is 88.2 cm³/mol. The Labute approximate surface area is 134 Å². The highest BCUT2D eigenvalue weighted by Gasteiger charge is 2.63. The van der Waals surface area contributed by atoms with E-state index in [1.54, 1.807) is 0 Å². The van der Waals surface area contributed by atoms with E-state index in [4.69, 9.17) is 0 Å². The summed E-state index contributed by atoms with van der Waals surface area (Å²) in [4.78, 5) is 15.3. The van der Waals surface area contributed by atoms with E-state index < -0.39 is 0 Å². The van der Waals surface area contributed by atoms with Crippen LogP contribution >= 0.6 is 0 Å². The molecule has 4 saturated carbocycles. The molecule has 2 bridgehead atoms. The van der Waals surface area contributed by atoms with Crippen molar-refractivity contribution >= 4 is 6.08 Å². The minimum atomic E-state index is -0.164. The monoisotopic (exact) mass is 299 g/mol. The molecule has 4 aliphatic carbocycles. The number of isocyanates is 1. The van der Waals surface area contributed by atoms with E-state index in [9.17, 15) is 4.79 Å². The van der Waals surface area contributed by atoms with E-state index in [0.717, 1.165) is 18.3 Å². The van der Waals surface area contributed by atoms with Crippen molar-refractivity contribution in [2.45, 2.75) is 77.2 Å². The number of aliphatic imine (C=N–C) groups is 1. The van der Waals surface area contributed by atoms with Crippen molar-refractivity contribution in [1.82, 2.24) is 0 Å². The molecule has 4 rings (SSSR count). The highest BCUT2D eigenvalue weighted by molar-refractivity contribution is 5.35. The zero-order chi connectivity index (χ0) is 15.6. The summed E-state index contributed by atoms with van der Waals surface area (Å²) in [6.07, 6.45) is 13.5. The third-order valence-electron chi connectivity index (χ3n) is 8.33. The zero-order valence-corrected chi connectivity index (χ0v) is 14.2. The van der Waals surface area contributed by atoms with Crippen molar-refractivity contribution in [3.05, 3.63) is 12.2 Å². The molecule has 0 aromatic rings. The van der Waals surface area contributed by atoms with Crippen LogP contribution in [-0.2, 0) is 4.79 Å². The summed E-state index contributed by atoms with van der Waals surface area (Å²) in [6.45, 7) is 9.15. The van der Waals surface area contributed by atoms with E-state index >= 15 is 0 Å². The summed E-state index contributed by atoms with van der Waals surface area (Å²) < 4.78 is 0. The first-order valence-corrected chi connectivity index (χ1v) is 9.20. The van der Waals surface area contributed by atoms with Crippen LogP contribution in [0.4, 0.5) is 0 Å². The summed E-state index contributed by atoms with van der Waals surface area (Å²) in [5, 5.41) is 0. The maximum absolute atomic E-state index is 11.0. The molecule has 4 aliphatic rings. The van der Waals surface area contributed by atoms with Crippen LogP contribution in [0.25, 0.3) is 0 Å². The number of hydrogen-bond donors (Lipinski definition) is 0. The van der Waals surface area contributed by atoms with Crippen molar-refractivity contribution in [1.29, 1.82) is 0 Å². The van der Waals surface area contributed by atoms with Gasteiger partial charge in [-0.15, -0.1) is 0 Å². The quantitative estimate of drug-likeness (QED) is 0.379. The SMILES string of the molecule is C=C1C[C@@]23CC[C@H]4[C@@](C)(CCC[C@@]4(C)N=C=O)[C@@H]2CC[C@H]1C3. The standard InChI is InChI=1S/C20H29NO/c1-14-11-20-10-7-16-18(2,17(20)6-5-15(14)12-20)8-4-9-19(16,3)21-13-22/h15-17H,1,4-12H2,2-3H3/t15-,16-,17-,18+,19+,20+/m0/s1. The molecule has 0 aromatic heterocycles. The minimum Gasteiger partial charge on any atom is -0.211 e. The molecule has 120 valence electrons. The van der Waals surface area contributed by atoms with E-state index in [-0.39, 0.29) is 5.54 Å². The Balaban J connectivity index is 1.75. The molecule has 1 spiro atoms. The van der Waals surface area contributed by atoms with E-state index in [1.807, 2.05) is 6.08 Å². The van der Waals surface area contributed by atoms with Gasteiger partial charge >= 0.3 is 0 Å². The first-order chi connectivity index (χ1) is 10.4. The Morgan fingerprint density at radius 1 is 1.14 bits per heavy atom. The lowest BCUT2D eigenvalue weighted by molar-refractivity contribution is -0.125. The minimum absolute atomic E-state index is 0.164. The molecule has 0 aromatic carbocycles. The van der Waals surface area contributed by atoms with Crippen LogP contribution in [0, 0.1) is 28.6 Å². The van der Waals surface area contributed by atoms with Gasteiger partial charge in [0.25, 0.3) is 0 Å². The number of carbonyl (C=O) groups excluding carboxylic acids is 1. The van der Waals surface area contributed by atoms with Crippen LogP contribution in [0.2, 0.25) is 0 Å². The van der Waals surface area contributed by atoms with Crippen molar-refractivity contribution in [3.63, 3.8) is 0 Å². The Bertz CT molecular complexity index is 562. The normalized spacial score (nSPS) is 53.4. The van der Waals surface area contributed by atoms with Crippen molar-refractivity contribution in [2.75, 3.05) is 0 Å². The molecular formula is C20H29NO. The van der Waals surface area contributed by atoms with Crippen LogP contribution in [-0.4, -0.2) is 11.6 Å². The average Bonchev–Trinajstić information content (AvgIpc) is 2.68. The van der Waals surface area contributed by atoms with E-state index in [1.165, 1.54) is 56.9 Å². The highest BCUT2D eigenvalue weighted by atomic mass is 16.1. The van der Waals surface area contributed by atoms with Gasteiger partial charge in [-0.25, -0.2) is 4.79 Å². The number of hydrogen-bond acceptors (Lipinski definition) is 2. The molecule has 0 heterocycles. The largest absolute Gasteiger partial charge is 0.235 e. The summed E-state index contributed by atoms with van der Waals surface area (Å²) in [5.74, 6) is 2.19. The number of rotatable bonds is 1. The third kappa shape index (κ3) is 1.74. The summed E-state index contributed by atoms with van der Waals surface area (Å²) in [6, 6.07) is 0.